The average Bonchev–Trinajstić information content (AvgIpc) is 2.71. The van der Waals surface area contributed by atoms with Gasteiger partial charge in [-0.2, -0.15) is 0 Å². The fourth-order valence-electron chi connectivity index (χ4n) is 3.13. The van der Waals surface area contributed by atoms with E-state index >= 15 is 0 Å². The van der Waals surface area contributed by atoms with Crippen molar-refractivity contribution < 1.29 is 23.7 Å². The molecule has 0 aliphatic carbocycles. The number of rotatable bonds is 18. The maximum absolute atomic E-state index is 11.5. The maximum Gasteiger partial charge on any atom is 0.308 e. The summed E-state index contributed by atoms with van der Waals surface area (Å²) in [6.07, 6.45) is 10.8. The lowest BCUT2D eigenvalue weighted by Crippen LogP contribution is -2.24. The van der Waals surface area contributed by atoms with E-state index in [2.05, 4.69) is 19.1 Å². The summed E-state index contributed by atoms with van der Waals surface area (Å²) in [5.41, 5.74) is 0.925. The van der Waals surface area contributed by atoms with Crippen LogP contribution in [0.5, 0.6) is 5.75 Å². The van der Waals surface area contributed by atoms with Gasteiger partial charge in [0.05, 0.1) is 32.8 Å². The summed E-state index contributed by atoms with van der Waals surface area (Å²) < 4.78 is 21.8. The van der Waals surface area contributed by atoms with E-state index < -0.39 is 5.60 Å². The Balaban J connectivity index is 1.96. The smallest absolute Gasteiger partial charge is 0.308 e. The molecule has 0 heterocycles. The SMILES string of the molecule is CCCCCCCCCc1ccc(OCCOCCOCCC(=O)OC(C)(C)C)cc1. The Kier molecular flexibility index (Phi) is 15.1. The molecule has 0 amide bonds. The van der Waals surface area contributed by atoms with E-state index in [9.17, 15) is 4.79 Å². The molecule has 5 nitrogen and oxygen atoms in total. The number of aryl methyl sites for hydroxylation is 1. The highest BCUT2D eigenvalue weighted by atomic mass is 16.6. The van der Waals surface area contributed by atoms with Gasteiger partial charge in [-0.15, -0.1) is 0 Å². The van der Waals surface area contributed by atoms with Crippen LogP contribution < -0.4 is 4.74 Å². The van der Waals surface area contributed by atoms with Crippen molar-refractivity contribution in [2.45, 2.75) is 91.1 Å². The average molecular weight is 437 g/mol. The molecule has 0 unspecified atom stereocenters. The standard InChI is InChI=1S/C26H44O5/c1-5-6-7-8-9-10-11-12-23-13-15-24(16-14-23)30-22-21-29-20-19-28-18-17-25(27)31-26(2,3)4/h13-16H,5-12,17-22H2,1-4H3. The lowest BCUT2D eigenvalue weighted by atomic mass is 10.0. The highest BCUT2D eigenvalue weighted by Crippen LogP contribution is 2.15. The molecule has 0 N–H and O–H groups in total. The van der Waals surface area contributed by atoms with Crippen molar-refractivity contribution in [2.75, 3.05) is 33.0 Å². The summed E-state index contributed by atoms with van der Waals surface area (Å²) in [5.74, 6) is 0.635. The molecule has 1 aromatic carbocycles. The summed E-state index contributed by atoms with van der Waals surface area (Å²) in [5, 5.41) is 0. The first-order valence-electron chi connectivity index (χ1n) is 12.0. The largest absolute Gasteiger partial charge is 0.491 e. The molecule has 5 heteroatoms. The van der Waals surface area contributed by atoms with Gasteiger partial charge in [-0.25, -0.2) is 0 Å². The van der Waals surface area contributed by atoms with Crippen molar-refractivity contribution in [1.29, 1.82) is 0 Å². The summed E-state index contributed by atoms with van der Waals surface area (Å²) in [6, 6.07) is 8.39. The molecule has 1 rings (SSSR count). The van der Waals surface area contributed by atoms with Crippen LogP contribution in [-0.4, -0.2) is 44.6 Å². The van der Waals surface area contributed by atoms with Gasteiger partial charge in [0.15, 0.2) is 0 Å². The summed E-state index contributed by atoms with van der Waals surface area (Å²) in [6.45, 7) is 10.1. The van der Waals surface area contributed by atoms with Crippen molar-refractivity contribution in [2.24, 2.45) is 0 Å². The number of carbonyl (C=O) groups is 1. The Morgan fingerprint density at radius 1 is 0.774 bits per heavy atom. The van der Waals surface area contributed by atoms with Crippen LogP contribution in [0.3, 0.4) is 0 Å². The number of ether oxygens (including phenoxy) is 4. The van der Waals surface area contributed by atoms with Crippen LogP contribution in [0.4, 0.5) is 0 Å². The molecule has 1 aromatic rings. The van der Waals surface area contributed by atoms with Crippen LogP contribution in [0.1, 0.15) is 84.6 Å². The van der Waals surface area contributed by atoms with E-state index in [0.717, 1.165) is 12.2 Å². The molecule has 0 bridgehead atoms. The van der Waals surface area contributed by atoms with E-state index in [1.165, 1.54) is 50.5 Å². The van der Waals surface area contributed by atoms with Crippen LogP contribution in [0.15, 0.2) is 24.3 Å². The van der Waals surface area contributed by atoms with E-state index in [0.29, 0.717) is 33.0 Å². The fraction of sp³-hybridized carbons (Fsp3) is 0.731. The molecule has 0 atom stereocenters. The summed E-state index contributed by atoms with van der Waals surface area (Å²) >= 11 is 0. The highest BCUT2D eigenvalue weighted by molar-refractivity contribution is 5.69. The first-order chi connectivity index (χ1) is 14.9. The van der Waals surface area contributed by atoms with Gasteiger partial charge in [0, 0.05) is 0 Å². The van der Waals surface area contributed by atoms with Crippen LogP contribution in [-0.2, 0) is 25.4 Å². The Morgan fingerprint density at radius 2 is 1.35 bits per heavy atom. The van der Waals surface area contributed by atoms with Gasteiger partial charge in [-0.3, -0.25) is 4.79 Å². The minimum Gasteiger partial charge on any atom is -0.491 e. The van der Waals surface area contributed by atoms with Crippen molar-refractivity contribution in [3.8, 4) is 5.75 Å². The van der Waals surface area contributed by atoms with Crippen molar-refractivity contribution in [3.05, 3.63) is 29.8 Å². The molecule has 0 saturated carbocycles. The second-order valence-electron chi connectivity index (χ2n) is 8.92. The number of unbranched alkanes of at least 4 members (excludes halogenated alkanes) is 6. The normalized spacial score (nSPS) is 11.5. The molecule has 0 aliphatic heterocycles. The van der Waals surface area contributed by atoms with E-state index in [-0.39, 0.29) is 12.4 Å². The zero-order valence-electron chi connectivity index (χ0n) is 20.3. The third kappa shape index (κ3) is 16.7. The molecule has 31 heavy (non-hydrogen) atoms. The highest BCUT2D eigenvalue weighted by Gasteiger charge is 2.15. The first-order valence-corrected chi connectivity index (χ1v) is 12.0. The van der Waals surface area contributed by atoms with Gasteiger partial charge < -0.3 is 18.9 Å². The van der Waals surface area contributed by atoms with Crippen molar-refractivity contribution >= 4 is 5.97 Å². The minimum atomic E-state index is -0.450. The van der Waals surface area contributed by atoms with Gasteiger partial charge in [0.25, 0.3) is 0 Å². The molecule has 0 saturated heterocycles. The topological polar surface area (TPSA) is 54.0 Å². The molecule has 0 spiro atoms. The molecule has 0 aliphatic rings. The number of hydrogen-bond donors (Lipinski definition) is 0. The molecule has 0 aromatic heterocycles. The molecule has 0 fully saturated rings. The lowest BCUT2D eigenvalue weighted by molar-refractivity contribution is -0.156. The fourth-order valence-corrected chi connectivity index (χ4v) is 3.13. The quantitative estimate of drug-likeness (QED) is 0.205. The van der Waals surface area contributed by atoms with Crippen LogP contribution in [0.25, 0.3) is 0 Å². The van der Waals surface area contributed by atoms with Gasteiger partial charge in [0.2, 0.25) is 0 Å². The van der Waals surface area contributed by atoms with Crippen molar-refractivity contribution in [3.63, 3.8) is 0 Å². The number of esters is 1. The minimum absolute atomic E-state index is 0.241. The number of benzene rings is 1. The van der Waals surface area contributed by atoms with Crippen LogP contribution >= 0.6 is 0 Å². The molecular formula is C26H44O5. The van der Waals surface area contributed by atoms with Crippen LogP contribution in [0.2, 0.25) is 0 Å². The van der Waals surface area contributed by atoms with Gasteiger partial charge in [-0.05, 0) is 51.3 Å². The maximum atomic E-state index is 11.5. The second-order valence-corrected chi connectivity index (χ2v) is 8.92. The van der Waals surface area contributed by atoms with E-state index in [1.54, 1.807) is 0 Å². The van der Waals surface area contributed by atoms with E-state index in [1.807, 2.05) is 32.9 Å². The lowest BCUT2D eigenvalue weighted by Gasteiger charge is -2.19. The Bertz CT molecular complexity index is 562. The van der Waals surface area contributed by atoms with Gasteiger partial charge in [-0.1, -0.05) is 57.6 Å². The summed E-state index contributed by atoms with van der Waals surface area (Å²) in [7, 11) is 0. The molecule has 178 valence electrons. The zero-order valence-corrected chi connectivity index (χ0v) is 20.3. The van der Waals surface area contributed by atoms with Gasteiger partial charge in [0.1, 0.15) is 18.0 Å². The number of hydrogen-bond acceptors (Lipinski definition) is 5. The predicted octanol–water partition coefficient (Wildman–Crippen LogP) is 6.12. The number of carbonyl (C=O) groups excluding carboxylic acids is 1. The Hall–Kier alpha value is -1.59. The molecule has 0 radical (unpaired) electrons. The third-order valence-corrected chi connectivity index (χ3v) is 4.73. The monoisotopic (exact) mass is 436 g/mol. The molecular weight excluding hydrogens is 392 g/mol. The van der Waals surface area contributed by atoms with Crippen LogP contribution in [0, 0.1) is 0 Å². The van der Waals surface area contributed by atoms with E-state index in [4.69, 9.17) is 18.9 Å². The zero-order chi connectivity index (χ0) is 22.8. The summed E-state index contributed by atoms with van der Waals surface area (Å²) in [4.78, 5) is 11.5. The second kappa shape index (κ2) is 17.0. The third-order valence-electron chi connectivity index (χ3n) is 4.73. The first kappa shape index (κ1) is 27.4. The van der Waals surface area contributed by atoms with Crippen molar-refractivity contribution in [1.82, 2.24) is 0 Å². The van der Waals surface area contributed by atoms with Gasteiger partial charge >= 0.3 is 5.97 Å². The Morgan fingerprint density at radius 3 is 2.00 bits per heavy atom. The Labute approximate surface area is 189 Å². The predicted molar refractivity (Wildman–Crippen MR) is 126 cm³/mol.